The molecule has 1 aliphatic heterocycles. The van der Waals surface area contributed by atoms with Crippen LogP contribution in [-0.4, -0.2) is 33.5 Å². The summed E-state index contributed by atoms with van der Waals surface area (Å²) < 4.78 is 13.2. The average Bonchev–Trinajstić information content (AvgIpc) is 2.90. The Morgan fingerprint density at radius 2 is 1.90 bits per heavy atom. The van der Waals surface area contributed by atoms with Crippen molar-refractivity contribution in [3.8, 4) is 0 Å². The molecule has 1 aromatic heterocycles. The fraction of sp³-hybridized carbons (Fsp3) is 0.261. The smallest absolute Gasteiger partial charge is 0.260 e. The highest BCUT2D eigenvalue weighted by atomic mass is 32.2. The largest absolute Gasteiger partial charge is 0.278 e. The van der Waals surface area contributed by atoms with Gasteiger partial charge in [-0.3, -0.25) is 14.5 Å². The van der Waals surface area contributed by atoms with Gasteiger partial charge >= 0.3 is 0 Å². The molecular formula is C23H21FN2O2S. The molecule has 0 spiro atoms. The molecule has 1 fully saturated rings. The van der Waals surface area contributed by atoms with Crippen LogP contribution in [-0.2, 0) is 4.79 Å². The van der Waals surface area contributed by atoms with Gasteiger partial charge in [0.1, 0.15) is 5.82 Å². The molecule has 4 nitrogen and oxygen atoms in total. The number of fused-ring (bicyclic) bond motifs is 1. The Bertz CT molecular complexity index is 1070. The van der Waals surface area contributed by atoms with Crippen molar-refractivity contribution in [3.05, 3.63) is 71.5 Å². The molecule has 0 radical (unpaired) electrons. The van der Waals surface area contributed by atoms with Crippen molar-refractivity contribution in [1.82, 2.24) is 9.88 Å². The molecule has 0 aliphatic carbocycles. The van der Waals surface area contributed by atoms with Crippen LogP contribution in [0.4, 0.5) is 4.39 Å². The van der Waals surface area contributed by atoms with Gasteiger partial charge in [0, 0.05) is 17.5 Å². The first-order chi connectivity index (χ1) is 14.0. The number of hydrogen-bond donors (Lipinski definition) is 0. The molecule has 3 aromatic rings. The number of aryl methyl sites for hydroxylation is 1. The number of benzene rings is 2. The van der Waals surface area contributed by atoms with Crippen molar-refractivity contribution in [2.45, 2.75) is 36.5 Å². The number of rotatable bonds is 3. The molecule has 0 N–H and O–H groups in total. The lowest BCUT2D eigenvalue weighted by Crippen LogP contribution is -2.41. The number of para-hydroxylation sites is 1. The van der Waals surface area contributed by atoms with Crippen LogP contribution >= 0.6 is 11.8 Å². The highest BCUT2D eigenvalue weighted by Crippen LogP contribution is 2.32. The summed E-state index contributed by atoms with van der Waals surface area (Å²) in [5.41, 5.74) is 2.33. The molecule has 6 heteroatoms. The summed E-state index contributed by atoms with van der Waals surface area (Å²) >= 11 is 1.42. The predicted molar refractivity (Wildman–Crippen MR) is 112 cm³/mol. The molecule has 1 atom stereocenters. The van der Waals surface area contributed by atoms with E-state index in [1.807, 2.05) is 37.3 Å². The SMILES string of the molecule is Cc1cc(SC2CCCCN(C(=O)c3ccc(F)cc3)C2=O)nc2ccccc12. The first-order valence-corrected chi connectivity index (χ1v) is 10.6. The van der Waals surface area contributed by atoms with Gasteiger partial charge in [-0.1, -0.05) is 36.4 Å². The third kappa shape index (κ3) is 4.17. The molecule has 0 saturated carbocycles. The molecule has 148 valence electrons. The van der Waals surface area contributed by atoms with Gasteiger partial charge in [-0.15, -0.1) is 0 Å². The van der Waals surface area contributed by atoms with E-state index in [4.69, 9.17) is 4.98 Å². The zero-order valence-electron chi connectivity index (χ0n) is 16.1. The lowest BCUT2D eigenvalue weighted by atomic mass is 10.1. The van der Waals surface area contributed by atoms with Crippen LogP contribution in [0.5, 0.6) is 0 Å². The zero-order chi connectivity index (χ0) is 20.4. The molecule has 0 bridgehead atoms. The first-order valence-electron chi connectivity index (χ1n) is 9.67. The van der Waals surface area contributed by atoms with Crippen LogP contribution in [0.25, 0.3) is 10.9 Å². The maximum atomic E-state index is 13.2. The normalized spacial score (nSPS) is 17.4. The van der Waals surface area contributed by atoms with Gasteiger partial charge in [0.15, 0.2) is 0 Å². The van der Waals surface area contributed by atoms with Gasteiger partial charge in [-0.2, -0.15) is 0 Å². The van der Waals surface area contributed by atoms with Gasteiger partial charge < -0.3 is 0 Å². The molecular weight excluding hydrogens is 387 g/mol. The maximum Gasteiger partial charge on any atom is 0.260 e. The van der Waals surface area contributed by atoms with E-state index in [1.165, 1.54) is 40.9 Å². The lowest BCUT2D eigenvalue weighted by Gasteiger charge is -2.22. The minimum atomic E-state index is -0.407. The van der Waals surface area contributed by atoms with Crippen molar-refractivity contribution < 1.29 is 14.0 Å². The molecule has 2 amide bonds. The van der Waals surface area contributed by atoms with E-state index in [0.717, 1.165) is 34.3 Å². The molecule has 4 rings (SSSR count). The summed E-state index contributed by atoms with van der Waals surface area (Å²) in [5.74, 6) is -0.977. The van der Waals surface area contributed by atoms with Gasteiger partial charge in [-0.25, -0.2) is 9.37 Å². The van der Waals surface area contributed by atoms with Gasteiger partial charge in [0.25, 0.3) is 5.91 Å². The lowest BCUT2D eigenvalue weighted by molar-refractivity contribution is -0.127. The van der Waals surface area contributed by atoms with E-state index in [1.54, 1.807) is 0 Å². The van der Waals surface area contributed by atoms with Crippen LogP contribution in [0, 0.1) is 12.7 Å². The Morgan fingerprint density at radius 1 is 1.14 bits per heavy atom. The van der Waals surface area contributed by atoms with Crippen LogP contribution in [0.1, 0.15) is 35.2 Å². The number of aromatic nitrogens is 1. The van der Waals surface area contributed by atoms with Crippen molar-refractivity contribution >= 4 is 34.5 Å². The number of nitrogens with zero attached hydrogens (tertiary/aromatic N) is 2. The predicted octanol–water partition coefficient (Wildman–Crippen LogP) is 5.00. The number of pyridine rings is 1. The van der Waals surface area contributed by atoms with Gasteiger partial charge in [0.05, 0.1) is 15.8 Å². The van der Waals surface area contributed by atoms with Crippen LogP contribution < -0.4 is 0 Å². The number of amides is 2. The molecule has 1 unspecified atom stereocenters. The Hall–Kier alpha value is -2.73. The molecule has 29 heavy (non-hydrogen) atoms. The van der Waals surface area contributed by atoms with Crippen molar-refractivity contribution in [1.29, 1.82) is 0 Å². The Balaban J connectivity index is 1.58. The number of imide groups is 1. The fourth-order valence-electron chi connectivity index (χ4n) is 3.59. The highest BCUT2D eigenvalue weighted by Gasteiger charge is 2.32. The Morgan fingerprint density at radius 3 is 2.69 bits per heavy atom. The number of halogens is 1. The fourth-order valence-corrected chi connectivity index (χ4v) is 4.79. The van der Waals surface area contributed by atoms with Crippen LogP contribution in [0.2, 0.25) is 0 Å². The number of carbonyl (C=O) groups excluding carboxylic acids is 2. The van der Waals surface area contributed by atoms with Crippen molar-refractivity contribution in [2.75, 3.05) is 6.54 Å². The third-order valence-electron chi connectivity index (χ3n) is 5.14. The summed E-state index contributed by atoms with van der Waals surface area (Å²) in [6.07, 6.45) is 2.33. The molecule has 2 aromatic carbocycles. The third-order valence-corrected chi connectivity index (χ3v) is 6.31. The van der Waals surface area contributed by atoms with E-state index in [0.29, 0.717) is 18.5 Å². The van der Waals surface area contributed by atoms with Crippen LogP contribution in [0.3, 0.4) is 0 Å². The van der Waals surface area contributed by atoms with E-state index >= 15 is 0 Å². The monoisotopic (exact) mass is 408 g/mol. The summed E-state index contributed by atoms with van der Waals surface area (Å²) in [5, 5.41) is 1.52. The quantitative estimate of drug-likeness (QED) is 0.573. The second kappa shape index (κ2) is 8.33. The number of thioether (sulfide) groups is 1. The Labute approximate surface area is 173 Å². The second-order valence-electron chi connectivity index (χ2n) is 7.20. The minimum Gasteiger partial charge on any atom is -0.278 e. The number of likely N-dealkylation sites (tertiary alicyclic amines) is 1. The van der Waals surface area contributed by atoms with Crippen LogP contribution in [0.15, 0.2) is 59.6 Å². The molecule has 1 saturated heterocycles. The topological polar surface area (TPSA) is 50.3 Å². The summed E-state index contributed by atoms with van der Waals surface area (Å²) in [6.45, 7) is 2.42. The first kappa shape index (κ1) is 19.6. The number of carbonyl (C=O) groups is 2. The van der Waals surface area contributed by atoms with Crippen molar-refractivity contribution in [2.24, 2.45) is 0 Å². The summed E-state index contributed by atoms with van der Waals surface area (Å²) in [7, 11) is 0. The van der Waals surface area contributed by atoms with E-state index in [-0.39, 0.29) is 17.1 Å². The van der Waals surface area contributed by atoms with Crippen molar-refractivity contribution in [3.63, 3.8) is 0 Å². The highest BCUT2D eigenvalue weighted by molar-refractivity contribution is 8.00. The van der Waals surface area contributed by atoms with E-state index in [2.05, 4.69) is 0 Å². The maximum absolute atomic E-state index is 13.2. The van der Waals surface area contributed by atoms with E-state index < -0.39 is 5.82 Å². The Kier molecular flexibility index (Phi) is 5.62. The van der Waals surface area contributed by atoms with Gasteiger partial charge in [0.2, 0.25) is 5.91 Å². The zero-order valence-corrected chi connectivity index (χ0v) is 16.9. The van der Waals surface area contributed by atoms with Gasteiger partial charge in [-0.05, 0) is 61.7 Å². The summed E-state index contributed by atoms with van der Waals surface area (Å²) in [4.78, 5) is 32.0. The van der Waals surface area contributed by atoms with E-state index in [9.17, 15) is 14.0 Å². The average molecular weight is 408 g/mol. The number of hydrogen-bond acceptors (Lipinski definition) is 4. The summed E-state index contributed by atoms with van der Waals surface area (Å²) in [6, 6.07) is 15.3. The molecule has 2 heterocycles. The minimum absolute atomic E-state index is 0.200. The second-order valence-corrected chi connectivity index (χ2v) is 8.42. The molecule has 1 aliphatic rings. The standard InChI is InChI=1S/C23H21FN2O2S/c1-15-14-21(25-19-7-3-2-6-18(15)19)29-20-8-4-5-13-26(23(20)28)22(27)16-9-11-17(24)12-10-16/h2-3,6-7,9-12,14,20H,4-5,8,13H2,1H3.